The van der Waals surface area contributed by atoms with E-state index < -0.39 is 12.0 Å². The fourth-order valence-corrected chi connectivity index (χ4v) is 3.27. The van der Waals surface area contributed by atoms with Gasteiger partial charge in [-0.3, -0.25) is 9.69 Å². The molecule has 1 fully saturated rings. The Labute approximate surface area is 112 Å². The van der Waals surface area contributed by atoms with Crippen LogP contribution in [-0.4, -0.2) is 54.1 Å². The standard InChI is InChI=1S/C13H20N2O2S/c1-14-6-3-11(4-7-14)15(2)12(13(16)17)10-5-8-18-9-10/h5,8-9,11-12H,3-4,6-7H2,1-2H3,(H,16,17). The minimum atomic E-state index is -0.755. The van der Waals surface area contributed by atoms with Gasteiger partial charge in [0.25, 0.3) is 0 Å². The Bertz CT molecular complexity index is 386. The summed E-state index contributed by atoms with van der Waals surface area (Å²) in [6.45, 7) is 2.09. The molecule has 5 heteroatoms. The van der Waals surface area contributed by atoms with Gasteiger partial charge in [0, 0.05) is 6.04 Å². The highest BCUT2D eigenvalue weighted by molar-refractivity contribution is 7.08. The Kier molecular flexibility index (Phi) is 4.37. The zero-order chi connectivity index (χ0) is 13.1. The third-order valence-corrected chi connectivity index (χ3v) is 4.47. The van der Waals surface area contributed by atoms with Gasteiger partial charge < -0.3 is 10.0 Å². The first-order valence-electron chi connectivity index (χ1n) is 6.25. The second-order valence-electron chi connectivity index (χ2n) is 5.00. The molecule has 0 aromatic carbocycles. The molecule has 1 aliphatic rings. The maximum Gasteiger partial charge on any atom is 0.325 e. The fourth-order valence-electron chi connectivity index (χ4n) is 2.60. The fraction of sp³-hybridized carbons (Fsp3) is 0.615. The lowest BCUT2D eigenvalue weighted by molar-refractivity contribution is -0.144. The van der Waals surface area contributed by atoms with Crippen LogP contribution in [0.15, 0.2) is 16.8 Å². The molecule has 1 N–H and O–H groups in total. The van der Waals surface area contributed by atoms with E-state index in [1.54, 1.807) is 11.3 Å². The van der Waals surface area contributed by atoms with Crippen LogP contribution in [0.25, 0.3) is 0 Å². The molecule has 4 nitrogen and oxygen atoms in total. The molecule has 0 radical (unpaired) electrons. The van der Waals surface area contributed by atoms with Gasteiger partial charge >= 0.3 is 5.97 Å². The van der Waals surface area contributed by atoms with Gasteiger partial charge in [0.2, 0.25) is 0 Å². The molecule has 0 aliphatic carbocycles. The Hall–Kier alpha value is -0.910. The van der Waals surface area contributed by atoms with Gasteiger partial charge in [-0.2, -0.15) is 11.3 Å². The number of likely N-dealkylation sites (tertiary alicyclic amines) is 1. The van der Waals surface area contributed by atoms with Crippen LogP contribution in [0.3, 0.4) is 0 Å². The number of carboxylic acid groups (broad SMARTS) is 1. The van der Waals surface area contributed by atoms with Gasteiger partial charge in [0.15, 0.2) is 0 Å². The monoisotopic (exact) mass is 268 g/mol. The van der Waals surface area contributed by atoms with E-state index in [1.165, 1.54) is 0 Å². The third kappa shape index (κ3) is 2.91. The van der Waals surface area contributed by atoms with Gasteiger partial charge in [-0.25, -0.2) is 0 Å². The Morgan fingerprint density at radius 2 is 2.22 bits per heavy atom. The number of rotatable bonds is 4. The first-order valence-corrected chi connectivity index (χ1v) is 7.19. The second-order valence-corrected chi connectivity index (χ2v) is 5.78. The zero-order valence-electron chi connectivity index (χ0n) is 10.9. The lowest BCUT2D eigenvalue weighted by atomic mass is 10.00. The summed E-state index contributed by atoms with van der Waals surface area (Å²) in [4.78, 5) is 15.8. The van der Waals surface area contributed by atoms with Crippen molar-refractivity contribution in [3.8, 4) is 0 Å². The number of hydrogen-bond donors (Lipinski definition) is 1. The molecule has 0 spiro atoms. The van der Waals surface area contributed by atoms with Crippen LogP contribution >= 0.6 is 11.3 Å². The Morgan fingerprint density at radius 1 is 1.56 bits per heavy atom. The van der Waals surface area contributed by atoms with E-state index in [-0.39, 0.29) is 0 Å². The highest BCUT2D eigenvalue weighted by atomic mass is 32.1. The van der Waals surface area contributed by atoms with E-state index in [0.717, 1.165) is 31.5 Å². The number of thiophene rings is 1. The normalized spacial score (nSPS) is 20.2. The summed E-state index contributed by atoms with van der Waals surface area (Å²) >= 11 is 1.55. The van der Waals surface area contributed by atoms with Crippen LogP contribution in [0.4, 0.5) is 0 Å². The van der Waals surface area contributed by atoms with E-state index in [0.29, 0.717) is 6.04 Å². The molecule has 0 amide bonds. The molecule has 0 bridgehead atoms. The maximum atomic E-state index is 11.5. The molecule has 1 saturated heterocycles. The Morgan fingerprint density at radius 3 is 2.72 bits per heavy atom. The maximum absolute atomic E-state index is 11.5. The van der Waals surface area contributed by atoms with E-state index in [4.69, 9.17) is 0 Å². The van der Waals surface area contributed by atoms with Crippen molar-refractivity contribution < 1.29 is 9.90 Å². The van der Waals surface area contributed by atoms with E-state index in [2.05, 4.69) is 11.9 Å². The number of carbonyl (C=O) groups is 1. The number of nitrogens with zero attached hydrogens (tertiary/aromatic N) is 2. The summed E-state index contributed by atoms with van der Waals surface area (Å²) in [7, 11) is 4.05. The number of piperidine rings is 1. The molecule has 2 heterocycles. The van der Waals surface area contributed by atoms with Crippen LogP contribution in [-0.2, 0) is 4.79 Å². The number of aliphatic carboxylic acids is 1. The van der Waals surface area contributed by atoms with Crippen molar-refractivity contribution in [2.45, 2.75) is 24.9 Å². The van der Waals surface area contributed by atoms with Crippen molar-refractivity contribution >= 4 is 17.3 Å². The topological polar surface area (TPSA) is 43.8 Å². The number of carboxylic acids is 1. The van der Waals surface area contributed by atoms with Crippen molar-refractivity contribution in [2.75, 3.05) is 27.2 Å². The third-order valence-electron chi connectivity index (χ3n) is 3.76. The summed E-state index contributed by atoms with van der Waals surface area (Å²) in [5.74, 6) is -0.755. The summed E-state index contributed by atoms with van der Waals surface area (Å²) in [5.41, 5.74) is 0.897. The minimum absolute atomic E-state index is 0.363. The van der Waals surface area contributed by atoms with E-state index >= 15 is 0 Å². The molecule has 2 rings (SSSR count). The molecule has 1 aliphatic heterocycles. The predicted octanol–water partition coefficient (Wildman–Crippen LogP) is 1.90. The second kappa shape index (κ2) is 5.82. The molecule has 1 unspecified atom stereocenters. The number of likely N-dealkylation sites (N-methyl/N-ethyl adjacent to an activating group) is 1. The first kappa shape index (κ1) is 13.5. The SMILES string of the molecule is CN1CCC(N(C)C(C(=O)O)c2ccsc2)CC1. The van der Waals surface area contributed by atoms with Gasteiger partial charge in [-0.05, 0) is 62.4 Å². The van der Waals surface area contributed by atoms with Crippen molar-refractivity contribution in [3.63, 3.8) is 0 Å². The molecular formula is C13H20N2O2S. The van der Waals surface area contributed by atoms with Gasteiger partial charge in [-0.1, -0.05) is 0 Å². The average molecular weight is 268 g/mol. The highest BCUT2D eigenvalue weighted by Crippen LogP contribution is 2.27. The summed E-state index contributed by atoms with van der Waals surface area (Å²) in [6, 6.07) is 1.77. The molecule has 1 atom stereocenters. The van der Waals surface area contributed by atoms with Gasteiger partial charge in [0.1, 0.15) is 6.04 Å². The molecule has 18 heavy (non-hydrogen) atoms. The number of hydrogen-bond acceptors (Lipinski definition) is 4. The van der Waals surface area contributed by atoms with E-state index in [1.807, 2.05) is 28.8 Å². The van der Waals surface area contributed by atoms with Crippen molar-refractivity contribution in [2.24, 2.45) is 0 Å². The highest BCUT2D eigenvalue weighted by Gasteiger charge is 2.31. The average Bonchev–Trinajstić information content (AvgIpc) is 2.83. The van der Waals surface area contributed by atoms with Crippen molar-refractivity contribution in [1.82, 2.24) is 9.80 Å². The van der Waals surface area contributed by atoms with Crippen LogP contribution in [0.5, 0.6) is 0 Å². The van der Waals surface area contributed by atoms with Gasteiger partial charge in [-0.15, -0.1) is 0 Å². The van der Waals surface area contributed by atoms with Crippen molar-refractivity contribution in [1.29, 1.82) is 0 Å². The summed E-state index contributed by atoms with van der Waals surface area (Å²) in [5, 5.41) is 13.3. The van der Waals surface area contributed by atoms with Gasteiger partial charge in [0.05, 0.1) is 0 Å². The predicted molar refractivity (Wildman–Crippen MR) is 73.0 cm³/mol. The molecular weight excluding hydrogens is 248 g/mol. The van der Waals surface area contributed by atoms with Crippen LogP contribution in [0.2, 0.25) is 0 Å². The molecule has 1 aromatic heterocycles. The smallest absolute Gasteiger partial charge is 0.325 e. The largest absolute Gasteiger partial charge is 0.480 e. The Balaban J connectivity index is 2.09. The van der Waals surface area contributed by atoms with Crippen LogP contribution in [0, 0.1) is 0 Å². The van der Waals surface area contributed by atoms with Crippen LogP contribution in [0.1, 0.15) is 24.4 Å². The van der Waals surface area contributed by atoms with Crippen molar-refractivity contribution in [3.05, 3.63) is 22.4 Å². The lowest BCUT2D eigenvalue weighted by Gasteiger charge is -2.37. The van der Waals surface area contributed by atoms with E-state index in [9.17, 15) is 9.90 Å². The molecule has 1 aromatic rings. The molecule has 100 valence electrons. The summed E-state index contributed by atoms with van der Waals surface area (Å²) < 4.78 is 0. The first-order chi connectivity index (χ1) is 8.59. The zero-order valence-corrected chi connectivity index (χ0v) is 11.7. The molecule has 0 saturated carbocycles. The quantitative estimate of drug-likeness (QED) is 0.906. The minimum Gasteiger partial charge on any atom is -0.480 e. The van der Waals surface area contributed by atoms with Crippen LogP contribution < -0.4 is 0 Å². The lowest BCUT2D eigenvalue weighted by Crippen LogP contribution is -2.45. The summed E-state index contributed by atoms with van der Waals surface area (Å²) in [6.07, 6.45) is 2.09.